The highest BCUT2D eigenvalue weighted by Gasteiger charge is 2.02. The summed E-state index contributed by atoms with van der Waals surface area (Å²) in [5, 5.41) is 0. The van der Waals surface area contributed by atoms with E-state index >= 15 is 0 Å². The lowest BCUT2D eigenvalue weighted by Crippen LogP contribution is -2.23. The Bertz CT molecular complexity index is 273. The Kier molecular flexibility index (Phi) is 5.02. The van der Waals surface area contributed by atoms with E-state index in [1.165, 1.54) is 18.5 Å². The summed E-state index contributed by atoms with van der Waals surface area (Å²) in [6.07, 6.45) is 2.52. The SMILES string of the molecule is CCCCN(CC)c1cccc(Br)c1. The number of halogens is 1. The predicted molar refractivity (Wildman–Crippen MR) is 66.9 cm³/mol. The van der Waals surface area contributed by atoms with E-state index in [9.17, 15) is 0 Å². The van der Waals surface area contributed by atoms with Gasteiger partial charge in [0.1, 0.15) is 0 Å². The normalized spacial score (nSPS) is 10.2. The van der Waals surface area contributed by atoms with Gasteiger partial charge in [0.2, 0.25) is 0 Å². The van der Waals surface area contributed by atoms with Crippen LogP contribution in [0.25, 0.3) is 0 Å². The van der Waals surface area contributed by atoms with Crippen molar-refractivity contribution in [2.45, 2.75) is 26.7 Å². The van der Waals surface area contributed by atoms with Crippen LogP contribution in [0.3, 0.4) is 0 Å². The summed E-state index contributed by atoms with van der Waals surface area (Å²) in [4.78, 5) is 2.41. The van der Waals surface area contributed by atoms with E-state index in [-0.39, 0.29) is 0 Å². The zero-order valence-electron chi connectivity index (χ0n) is 8.96. The Morgan fingerprint density at radius 1 is 1.29 bits per heavy atom. The van der Waals surface area contributed by atoms with Gasteiger partial charge in [0.05, 0.1) is 0 Å². The molecule has 78 valence electrons. The molecule has 1 aromatic carbocycles. The van der Waals surface area contributed by atoms with Crippen LogP contribution in [0.2, 0.25) is 0 Å². The molecule has 0 aliphatic carbocycles. The smallest absolute Gasteiger partial charge is 0.0377 e. The molecule has 0 radical (unpaired) electrons. The summed E-state index contributed by atoms with van der Waals surface area (Å²) in [6, 6.07) is 8.51. The maximum atomic E-state index is 3.50. The molecule has 0 saturated carbocycles. The number of anilines is 1. The molecule has 0 bridgehead atoms. The fourth-order valence-corrected chi connectivity index (χ4v) is 1.88. The average Bonchev–Trinajstić information content (AvgIpc) is 2.19. The van der Waals surface area contributed by atoms with E-state index in [0.29, 0.717) is 0 Å². The lowest BCUT2D eigenvalue weighted by atomic mass is 10.2. The first-order valence-corrected chi connectivity index (χ1v) is 6.07. The number of hydrogen-bond acceptors (Lipinski definition) is 1. The molecule has 0 fully saturated rings. The molecule has 1 aromatic rings. The van der Waals surface area contributed by atoms with Gasteiger partial charge in [-0.25, -0.2) is 0 Å². The first-order valence-electron chi connectivity index (χ1n) is 5.28. The molecule has 0 spiro atoms. The molecule has 0 N–H and O–H groups in total. The monoisotopic (exact) mass is 255 g/mol. The Hall–Kier alpha value is -0.500. The van der Waals surface area contributed by atoms with Crippen molar-refractivity contribution in [3.63, 3.8) is 0 Å². The molecule has 0 aromatic heterocycles. The van der Waals surface area contributed by atoms with Crippen molar-refractivity contribution in [2.75, 3.05) is 18.0 Å². The Balaban J connectivity index is 2.68. The van der Waals surface area contributed by atoms with Crippen LogP contribution >= 0.6 is 15.9 Å². The molecule has 1 nitrogen and oxygen atoms in total. The fourth-order valence-electron chi connectivity index (χ4n) is 1.49. The van der Waals surface area contributed by atoms with Crippen LogP contribution in [0, 0.1) is 0 Å². The highest BCUT2D eigenvalue weighted by molar-refractivity contribution is 9.10. The number of benzene rings is 1. The quantitative estimate of drug-likeness (QED) is 0.767. The molecule has 0 amide bonds. The standard InChI is InChI=1S/C12H18BrN/c1-3-5-9-14(4-2)12-8-6-7-11(13)10-12/h6-8,10H,3-5,9H2,1-2H3. The van der Waals surface area contributed by atoms with Crippen LogP contribution < -0.4 is 4.90 Å². The van der Waals surface area contributed by atoms with Gasteiger partial charge in [0.15, 0.2) is 0 Å². The van der Waals surface area contributed by atoms with Crippen LogP contribution in [-0.4, -0.2) is 13.1 Å². The van der Waals surface area contributed by atoms with Gasteiger partial charge in [-0.05, 0) is 31.5 Å². The average molecular weight is 256 g/mol. The number of hydrogen-bond donors (Lipinski definition) is 0. The zero-order valence-corrected chi connectivity index (χ0v) is 10.5. The minimum Gasteiger partial charge on any atom is -0.372 e. The molecule has 2 heteroatoms. The number of nitrogens with zero attached hydrogens (tertiary/aromatic N) is 1. The van der Waals surface area contributed by atoms with Gasteiger partial charge in [-0.3, -0.25) is 0 Å². The lowest BCUT2D eigenvalue weighted by Gasteiger charge is -2.22. The van der Waals surface area contributed by atoms with Crippen molar-refractivity contribution < 1.29 is 0 Å². The van der Waals surface area contributed by atoms with E-state index in [1.54, 1.807) is 0 Å². The van der Waals surface area contributed by atoms with Crippen molar-refractivity contribution in [3.05, 3.63) is 28.7 Å². The molecule has 0 unspecified atom stereocenters. The number of rotatable bonds is 5. The largest absolute Gasteiger partial charge is 0.372 e. The van der Waals surface area contributed by atoms with E-state index in [2.05, 4.69) is 58.9 Å². The summed E-state index contributed by atoms with van der Waals surface area (Å²) in [5.74, 6) is 0. The van der Waals surface area contributed by atoms with E-state index in [4.69, 9.17) is 0 Å². The van der Waals surface area contributed by atoms with E-state index in [0.717, 1.165) is 17.6 Å². The summed E-state index contributed by atoms with van der Waals surface area (Å²) >= 11 is 3.50. The Labute approximate surface area is 95.2 Å². The zero-order chi connectivity index (χ0) is 10.4. The van der Waals surface area contributed by atoms with Gasteiger partial charge >= 0.3 is 0 Å². The van der Waals surface area contributed by atoms with Crippen LogP contribution in [0.5, 0.6) is 0 Å². The third-order valence-electron chi connectivity index (χ3n) is 2.34. The molecule has 0 atom stereocenters. The minimum atomic E-state index is 1.08. The summed E-state index contributed by atoms with van der Waals surface area (Å²) < 4.78 is 1.16. The minimum absolute atomic E-state index is 1.08. The van der Waals surface area contributed by atoms with Crippen molar-refractivity contribution >= 4 is 21.6 Å². The molecule has 1 rings (SSSR count). The van der Waals surface area contributed by atoms with Gasteiger partial charge in [0.25, 0.3) is 0 Å². The predicted octanol–water partition coefficient (Wildman–Crippen LogP) is 4.08. The molecule has 0 saturated heterocycles. The van der Waals surface area contributed by atoms with Gasteiger partial charge in [-0.2, -0.15) is 0 Å². The van der Waals surface area contributed by atoms with Crippen molar-refractivity contribution in [1.82, 2.24) is 0 Å². The maximum Gasteiger partial charge on any atom is 0.0377 e. The molecule has 0 aliphatic rings. The van der Waals surface area contributed by atoms with Crippen LogP contribution in [0.4, 0.5) is 5.69 Å². The second kappa shape index (κ2) is 6.07. The maximum absolute atomic E-state index is 3.50. The van der Waals surface area contributed by atoms with Gasteiger partial charge < -0.3 is 4.90 Å². The van der Waals surface area contributed by atoms with Gasteiger partial charge in [-0.15, -0.1) is 0 Å². The number of unbranched alkanes of at least 4 members (excludes halogenated alkanes) is 1. The van der Waals surface area contributed by atoms with Crippen molar-refractivity contribution in [1.29, 1.82) is 0 Å². The third kappa shape index (κ3) is 3.33. The van der Waals surface area contributed by atoms with Gasteiger partial charge in [-0.1, -0.05) is 35.3 Å². The Morgan fingerprint density at radius 2 is 2.07 bits per heavy atom. The topological polar surface area (TPSA) is 3.24 Å². The van der Waals surface area contributed by atoms with Crippen LogP contribution in [0.15, 0.2) is 28.7 Å². The fraction of sp³-hybridized carbons (Fsp3) is 0.500. The molecular weight excluding hydrogens is 238 g/mol. The first-order chi connectivity index (χ1) is 6.77. The lowest BCUT2D eigenvalue weighted by molar-refractivity contribution is 0.732. The molecule has 0 heterocycles. The molecule has 0 aliphatic heterocycles. The van der Waals surface area contributed by atoms with Crippen LogP contribution in [0.1, 0.15) is 26.7 Å². The first kappa shape index (κ1) is 11.6. The highest BCUT2D eigenvalue weighted by atomic mass is 79.9. The van der Waals surface area contributed by atoms with Crippen molar-refractivity contribution in [3.8, 4) is 0 Å². The van der Waals surface area contributed by atoms with E-state index in [1.807, 2.05) is 0 Å². The third-order valence-corrected chi connectivity index (χ3v) is 2.83. The molecular formula is C12H18BrN. The second-order valence-electron chi connectivity index (χ2n) is 3.41. The highest BCUT2D eigenvalue weighted by Crippen LogP contribution is 2.19. The van der Waals surface area contributed by atoms with Gasteiger partial charge in [0, 0.05) is 23.2 Å². The molecule has 14 heavy (non-hydrogen) atoms. The summed E-state index contributed by atoms with van der Waals surface area (Å²) in [5.41, 5.74) is 1.32. The summed E-state index contributed by atoms with van der Waals surface area (Å²) in [7, 11) is 0. The van der Waals surface area contributed by atoms with E-state index < -0.39 is 0 Å². The Morgan fingerprint density at radius 3 is 2.64 bits per heavy atom. The summed E-state index contributed by atoms with van der Waals surface area (Å²) in [6.45, 7) is 6.67. The van der Waals surface area contributed by atoms with Crippen molar-refractivity contribution in [2.24, 2.45) is 0 Å². The van der Waals surface area contributed by atoms with Crippen LogP contribution in [-0.2, 0) is 0 Å². The second-order valence-corrected chi connectivity index (χ2v) is 4.33.